The monoisotopic (exact) mass is 371 g/mol. The molecule has 3 heterocycles. The lowest BCUT2D eigenvalue weighted by Crippen LogP contribution is -2.43. The van der Waals surface area contributed by atoms with Crippen LogP contribution in [0.4, 0.5) is 0 Å². The maximum absolute atomic E-state index is 12.4. The zero-order valence-corrected chi connectivity index (χ0v) is 15.0. The third-order valence-corrected chi connectivity index (χ3v) is 4.98. The number of carbonyl (C=O) groups is 1. The number of nitrogens with one attached hydrogen (secondary N) is 2. The SMILES string of the molecule is Cl.Cl.O=C(NCc1nnc2ccccn12)C1CC2CCCCC2N1. The number of halogens is 2. The molecule has 1 aliphatic heterocycles. The number of rotatable bonds is 3. The number of hydrogen-bond donors (Lipinski definition) is 2. The third kappa shape index (κ3) is 3.66. The van der Waals surface area contributed by atoms with Crippen molar-refractivity contribution in [3.63, 3.8) is 0 Å². The molecule has 0 aromatic carbocycles. The second-order valence-electron chi connectivity index (χ2n) is 6.37. The largest absolute Gasteiger partial charge is 0.347 e. The van der Waals surface area contributed by atoms with Crippen LogP contribution < -0.4 is 10.6 Å². The molecule has 1 saturated carbocycles. The first-order valence-electron chi connectivity index (χ1n) is 8.13. The van der Waals surface area contributed by atoms with Gasteiger partial charge in [-0.15, -0.1) is 35.0 Å². The number of pyridine rings is 1. The standard InChI is InChI=1S/C16H21N5O.2ClH/c22-16(13-9-11-5-1-2-6-12(11)18-13)17-10-15-20-19-14-7-3-4-8-21(14)15;;/h3-4,7-8,11-13,18H,1-2,5-6,9-10H2,(H,17,22);2*1H. The summed E-state index contributed by atoms with van der Waals surface area (Å²) in [5.41, 5.74) is 0.803. The average molecular weight is 372 g/mol. The van der Waals surface area contributed by atoms with Crippen LogP contribution in [0, 0.1) is 5.92 Å². The van der Waals surface area contributed by atoms with Crippen molar-refractivity contribution in [3.8, 4) is 0 Å². The van der Waals surface area contributed by atoms with Crippen molar-refractivity contribution in [2.75, 3.05) is 0 Å². The van der Waals surface area contributed by atoms with E-state index in [0.29, 0.717) is 18.5 Å². The van der Waals surface area contributed by atoms with E-state index in [2.05, 4.69) is 20.8 Å². The summed E-state index contributed by atoms with van der Waals surface area (Å²) < 4.78 is 1.90. The molecule has 2 N–H and O–H groups in total. The predicted molar refractivity (Wildman–Crippen MR) is 96.6 cm³/mol. The zero-order valence-electron chi connectivity index (χ0n) is 13.4. The van der Waals surface area contributed by atoms with Crippen molar-refractivity contribution in [2.45, 2.75) is 50.7 Å². The zero-order chi connectivity index (χ0) is 14.9. The Morgan fingerprint density at radius 2 is 2.08 bits per heavy atom. The number of amides is 1. The van der Waals surface area contributed by atoms with Crippen molar-refractivity contribution in [3.05, 3.63) is 30.2 Å². The van der Waals surface area contributed by atoms with Gasteiger partial charge in [-0.1, -0.05) is 18.9 Å². The highest BCUT2D eigenvalue weighted by atomic mass is 35.5. The van der Waals surface area contributed by atoms with Crippen LogP contribution in [0.25, 0.3) is 5.65 Å². The van der Waals surface area contributed by atoms with E-state index < -0.39 is 0 Å². The normalized spacial score (nSPS) is 25.4. The Morgan fingerprint density at radius 1 is 1.25 bits per heavy atom. The maximum atomic E-state index is 12.4. The minimum atomic E-state index is -0.0488. The van der Waals surface area contributed by atoms with Crippen LogP contribution in [0.5, 0.6) is 0 Å². The van der Waals surface area contributed by atoms with Gasteiger partial charge in [0.05, 0.1) is 12.6 Å². The Balaban J connectivity index is 0.00000104. The van der Waals surface area contributed by atoms with Crippen LogP contribution in [-0.4, -0.2) is 32.6 Å². The van der Waals surface area contributed by atoms with E-state index in [1.807, 2.05) is 28.8 Å². The van der Waals surface area contributed by atoms with Crippen molar-refractivity contribution in [1.29, 1.82) is 0 Å². The van der Waals surface area contributed by atoms with Gasteiger partial charge in [0.25, 0.3) is 0 Å². The second kappa shape index (κ2) is 8.14. The van der Waals surface area contributed by atoms with Gasteiger partial charge in [-0.05, 0) is 37.3 Å². The van der Waals surface area contributed by atoms with Gasteiger partial charge in [0.15, 0.2) is 11.5 Å². The van der Waals surface area contributed by atoms with E-state index in [0.717, 1.165) is 17.9 Å². The molecule has 3 unspecified atom stereocenters. The number of fused-ring (bicyclic) bond motifs is 2. The van der Waals surface area contributed by atoms with Crippen molar-refractivity contribution < 1.29 is 4.79 Å². The Bertz CT molecular complexity index is 678. The predicted octanol–water partition coefficient (Wildman–Crippen LogP) is 2.11. The van der Waals surface area contributed by atoms with Crippen molar-refractivity contribution >= 4 is 36.4 Å². The lowest BCUT2D eigenvalue weighted by atomic mass is 9.85. The summed E-state index contributed by atoms with van der Waals surface area (Å²) in [4.78, 5) is 12.4. The summed E-state index contributed by atoms with van der Waals surface area (Å²) in [5, 5.41) is 14.8. The molecule has 4 rings (SSSR count). The highest BCUT2D eigenvalue weighted by molar-refractivity contribution is 5.85. The van der Waals surface area contributed by atoms with Gasteiger partial charge in [0.1, 0.15) is 0 Å². The van der Waals surface area contributed by atoms with Crippen LogP contribution >= 0.6 is 24.8 Å². The number of hydrogen-bond acceptors (Lipinski definition) is 4. The van der Waals surface area contributed by atoms with Gasteiger partial charge in [0, 0.05) is 12.2 Å². The van der Waals surface area contributed by atoms with E-state index in [-0.39, 0.29) is 36.8 Å². The number of aromatic nitrogens is 3. The Kier molecular flexibility index (Phi) is 6.43. The fraction of sp³-hybridized carbons (Fsp3) is 0.562. The fourth-order valence-corrected chi connectivity index (χ4v) is 3.82. The quantitative estimate of drug-likeness (QED) is 0.866. The van der Waals surface area contributed by atoms with Gasteiger partial charge in [-0.2, -0.15) is 0 Å². The van der Waals surface area contributed by atoms with E-state index in [4.69, 9.17) is 0 Å². The van der Waals surface area contributed by atoms with Crippen molar-refractivity contribution in [2.24, 2.45) is 5.92 Å². The van der Waals surface area contributed by atoms with Crippen molar-refractivity contribution in [1.82, 2.24) is 25.2 Å². The highest BCUT2D eigenvalue weighted by Crippen LogP contribution is 2.33. The topological polar surface area (TPSA) is 71.3 Å². The molecule has 0 spiro atoms. The first-order valence-corrected chi connectivity index (χ1v) is 8.13. The van der Waals surface area contributed by atoms with Gasteiger partial charge >= 0.3 is 0 Å². The minimum absolute atomic E-state index is 0. The summed E-state index contributed by atoms with van der Waals surface area (Å²) in [7, 11) is 0. The maximum Gasteiger partial charge on any atom is 0.237 e. The Hall–Kier alpha value is -1.37. The highest BCUT2D eigenvalue weighted by Gasteiger charge is 2.38. The molecule has 2 aliphatic rings. The summed E-state index contributed by atoms with van der Waals surface area (Å²) >= 11 is 0. The third-order valence-electron chi connectivity index (χ3n) is 4.98. The van der Waals surface area contributed by atoms with E-state index in [1.54, 1.807) is 0 Å². The van der Waals surface area contributed by atoms with Crippen LogP contribution in [0.2, 0.25) is 0 Å². The molecular weight excluding hydrogens is 349 g/mol. The Morgan fingerprint density at radius 3 is 2.92 bits per heavy atom. The van der Waals surface area contributed by atoms with Crippen LogP contribution in [0.1, 0.15) is 37.9 Å². The molecule has 1 aliphatic carbocycles. The van der Waals surface area contributed by atoms with E-state index >= 15 is 0 Å². The van der Waals surface area contributed by atoms with Gasteiger partial charge in [-0.25, -0.2) is 0 Å². The van der Waals surface area contributed by atoms with Gasteiger partial charge in [0.2, 0.25) is 5.91 Å². The Labute approximate surface area is 153 Å². The molecule has 1 saturated heterocycles. The summed E-state index contributed by atoms with van der Waals surface area (Å²) in [5.74, 6) is 1.53. The van der Waals surface area contributed by atoms with E-state index in [9.17, 15) is 4.79 Å². The summed E-state index contributed by atoms with van der Waals surface area (Å²) in [6.07, 6.45) is 7.95. The summed E-state index contributed by atoms with van der Waals surface area (Å²) in [6, 6.07) is 6.26. The van der Waals surface area contributed by atoms with Gasteiger partial charge in [-0.3, -0.25) is 9.20 Å². The molecule has 2 aromatic heterocycles. The van der Waals surface area contributed by atoms with Crippen LogP contribution in [0.3, 0.4) is 0 Å². The molecule has 0 radical (unpaired) electrons. The molecule has 132 valence electrons. The first kappa shape index (κ1) is 19.0. The molecular formula is C16H23Cl2N5O. The van der Waals surface area contributed by atoms with Crippen LogP contribution in [-0.2, 0) is 11.3 Å². The smallest absolute Gasteiger partial charge is 0.237 e. The molecule has 3 atom stereocenters. The summed E-state index contributed by atoms with van der Waals surface area (Å²) in [6.45, 7) is 0.414. The molecule has 24 heavy (non-hydrogen) atoms. The van der Waals surface area contributed by atoms with Crippen LogP contribution in [0.15, 0.2) is 24.4 Å². The fourth-order valence-electron chi connectivity index (χ4n) is 3.82. The molecule has 2 aromatic rings. The van der Waals surface area contributed by atoms with Gasteiger partial charge < -0.3 is 10.6 Å². The second-order valence-corrected chi connectivity index (χ2v) is 6.37. The first-order chi connectivity index (χ1) is 10.8. The average Bonchev–Trinajstić information content (AvgIpc) is 3.16. The molecule has 6 nitrogen and oxygen atoms in total. The molecule has 0 bridgehead atoms. The molecule has 2 fully saturated rings. The molecule has 8 heteroatoms. The molecule has 1 amide bonds. The lowest BCUT2D eigenvalue weighted by molar-refractivity contribution is -0.123. The lowest BCUT2D eigenvalue weighted by Gasteiger charge is -2.24. The number of carbonyl (C=O) groups excluding carboxylic acids is 1. The number of nitrogens with zero attached hydrogens (tertiary/aromatic N) is 3. The minimum Gasteiger partial charge on any atom is -0.347 e. The van der Waals surface area contributed by atoms with E-state index in [1.165, 1.54) is 25.7 Å².